The van der Waals surface area contributed by atoms with Crippen LogP contribution in [-0.2, 0) is 31.6 Å². The molecule has 2 atom stereocenters. The highest BCUT2D eigenvalue weighted by atomic mass is 19.3. The van der Waals surface area contributed by atoms with Crippen LogP contribution in [0.1, 0.15) is 37.9 Å². The van der Waals surface area contributed by atoms with Gasteiger partial charge in [-0.1, -0.05) is 6.07 Å². The lowest BCUT2D eigenvalue weighted by molar-refractivity contribution is -0.286. The summed E-state index contributed by atoms with van der Waals surface area (Å²) in [5.41, 5.74) is 1.91. The molecular formula is C27H28F2N2O6. The molecule has 0 bridgehead atoms. The summed E-state index contributed by atoms with van der Waals surface area (Å²) in [6, 6.07) is 12.3. The van der Waals surface area contributed by atoms with E-state index in [1.807, 2.05) is 32.0 Å². The molecule has 1 unspecified atom stereocenters. The van der Waals surface area contributed by atoms with Crippen LogP contribution in [0, 0.1) is 0 Å². The fraction of sp³-hybridized carbons (Fsp3) is 0.444. The number of hydrogen-bond acceptors (Lipinski definition) is 6. The lowest BCUT2D eigenvalue weighted by atomic mass is 9.88. The lowest BCUT2D eigenvalue weighted by Gasteiger charge is -2.32. The Balaban J connectivity index is 1.29. The molecule has 10 heteroatoms. The summed E-state index contributed by atoms with van der Waals surface area (Å²) in [5.74, 6) is -0.316. The Morgan fingerprint density at radius 2 is 1.89 bits per heavy atom. The number of ether oxygens (including phenoxy) is 4. The highest BCUT2D eigenvalue weighted by Crippen LogP contribution is 2.52. The number of aromatic nitrogens is 1. The number of benzene rings is 2. The van der Waals surface area contributed by atoms with Gasteiger partial charge in [0, 0.05) is 29.4 Å². The number of rotatable bonds is 5. The summed E-state index contributed by atoms with van der Waals surface area (Å²) < 4.78 is 49.7. The number of nitrogens with zero attached hydrogens (tertiary/aromatic N) is 1. The molecule has 1 amide bonds. The van der Waals surface area contributed by atoms with Crippen molar-refractivity contribution in [1.29, 1.82) is 0 Å². The van der Waals surface area contributed by atoms with Gasteiger partial charge in [0.1, 0.15) is 6.10 Å². The van der Waals surface area contributed by atoms with Gasteiger partial charge in [0.15, 0.2) is 17.8 Å². The highest BCUT2D eigenvalue weighted by Gasteiger charge is 2.53. The van der Waals surface area contributed by atoms with Crippen molar-refractivity contribution >= 4 is 22.5 Å². The van der Waals surface area contributed by atoms with Gasteiger partial charge in [-0.15, -0.1) is 8.78 Å². The first kappa shape index (κ1) is 24.1. The minimum Gasteiger partial charge on any atom is -0.395 e. The molecule has 1 saturated carbocycles. The summed E-state index contributed by atoms with van der Waals surface area (Å²) in [7, 11) is 1.59. The molecule has 3 heterocycles. The van der Waals surface area contributed by atoms with Gasteiger partial charge in [0.2, 0.25) is 5.91 Å². The average Bonchev–Trinajstić information content (AvgIpc) is 3.52. The Hall–Kier alpha value is -3.21. The number of carbonyl (C=O) groups excluding carboxylic acids is 1. The number of aliphatic hydroxyl groups is 1. The molecule has 1 aliphatic carbocycles. The number of alkyl halides is 2. The third-order valence-corrected chi connectivity index (χ3v) is 7.67. The van der Waals surface area contributed by atoms with Crippen LogP contribution < -0.4 is 14.8 Å². The number of nitrogens with one attached hydrogen (secondary N) is 1. The van der Waals surface area contributed by atoms with Crippen LogP contribution in [0.25, 0.3) is 10.9 Å². The normalized spacial score (nSPS) is 24.4. The van der Waals surface area contributed by atoms with Crippen LogP contribution in [-0.4, -0.2) is 48.0 Å². The quantitative estimate of drug-likeness (QED) is 0.529. The summed E-state index contributed by atoms with van der Waals surface area (Å²) in [5, 5.41) is 13.8. The zero-order chi connectivity index (χ0) is 26.2. The second-order valence-electron chi connectivity index (χ2n) is 10.5. The Kier molecular flexibility index (Phi) is 5.31. The molecule has 2 N–H and O–H groups in total. The van der Waals surface area contributed by atoms with Gasteiger partial charge in [0.05, 0.1) is 24.0 Å². The smallest absolute Gasteiger partial charge is 0.395 e. The van der Waals surface area contributed by atoms with Crippen LogP contribution in [0.5, 0.6) is 11.5 Å². The second-order valence-corrected chi connectivity index (χ2v) is 10.5. The van der Waals surface area contributed by atoms with E-state index in [1.54, 1.807) is 13.2 Å². The van der Waals surface area contributed by atoms with Gasteiger partial charge >= 0.3 is 6.29 Å². The lowest BCUT2D eigenvalue weighted by Crippen LogP contribution is -2.39. The van der Waals surface area contributed by atoms with Gasteiger partial charge in [-0.3, -0.25) is 4.79 Å². The summed E-state index contributed by atoms with van der Waals surface area (Å²) in [6.45, 7) is 4.40. The maximum Gasteiger partial charge on any atom is 0.586 e. The van der Waals surface area contributed by atoms with Crippen LogP contribution >= 0.6 is 0 Å². The molecule has 3 aromatic rings. The number of fused-ring (bicyclic) bond motifs is 4. The van der Waals surface area contributed by atoms with E-state index >= 15 is 0 Å². The second kappa shape index (κ2) is 8.14. The van der Waals surface area contributed by atoms with E-state index in [0.29, 0.717) is 30.6 Å². The first-order valence-electron chi connectivity index (χ1n) is 12.2. The molecule has 0 saturated heterocycles. The van der Waals surface area contributed by atoms with E-state index < -0.39 is 29.5 Å². The molecule has 0 radical (unpaired) electrons. The van der Waals surface area contributed by atoms with Crippen LogP contribution in [0.4, 0.5) is 14.5 Å². The number of carbonyl (C=O) groups is 1. The molecule has 8 nitrogen and oxygen atoms in total. The minimum atomic E-state index is -3.70. The molecule has 1 aromatic heterocycles. The Bertz CT molecular complexity index is 1400. The monoisotopic (exact) mass is 514 g/mol. The van der Waals surface area contributed by atoms with Crippen LogP contribution in [0.15, 0.2) is 42.5 Å². The standard InChI is InChI=1S/C27H28F2N2O6/c1-25(2)22-11-15-10-17(5-6-19(15)31(22)13-18(14-32)35-24(25)34-3)30-23(33)26(8-9-26)16-4-7-20-21(12-16)37-27(28,29)36-20/h4-7,10-12,18,24,32H,8-9,13-14H2,1-3H3,(H,30,33)/t18-,24?/m1/s1. The first-order chi connectivity index (χ1) is 17.6. The van der Waals surface area contributed by atoms with Gasteiger partial charge in [-0.25, -0.2) is 0 Å². The number of aliphatic hydroxyl groups excluding tert-OH is 1. The van der Waals surface area contributed by atoms with Gasteiger partial charge in [-0.05, 0) is 68.7 Å². The summed E-state index contributed by atoms with van der Waals surface area (Å²) >= 11 is 0. The topological polar surface area (TPSA) is 91.2 Å². The van der Waals surface area contributed by atoms with E-state index in [0.717, 1.165) is 16.6 Å². The van der Waals surface area contributed by atoms with Gasteiger partial charge in [-0.2, -0.15) is 0 Å². The fourth-order valence-electron chi connectivity index (χ4n) is 5.51. The molecule has 0 spiro atoms. The molecular weight excluding hydrogens is 486 g/mol. The summed E-state index contributed by atoms with van der Waals surface area (Å²) in [4.78, 5) is 13.4. The zero-order valence-corrected chi connectivity index (χ0v) is 20.7. The largest absolute Gasteiger partial charge is 0.586 e. The fourth-order valence-corrected chi connectivity index (χ4v) is 5.51. The molecule has 2 aromatic carbocycles. The summed E-state index contributed by atoms with van der Waals surface area (Å²) in [6.07, 6.45) is -3.45. The molecule has 1 fully saturated rings. The maximum atomic E-state index is 13.4. The third kappa shape index (κ3) is 3.86. The van der Waals surface area contributed by atoms with Crippen LogP contribution in [0.3, 0.4) is 0 Å². The van der Waals surface area contributed by atoms with Crippen molar-refractivity contribution in [2.45, 2.75) is 62.8 Å². The minimum absolute atomic E-state index is 0.0450. The van der Waals surface area contributed by atoms with Crippen molar-refractivity contribution in [3.8, 4) is 11.5 Å². The van der Waals surface area contributed by atoms with E-state index in [-0.39, 0.29) is 24.0 Å². The highest BCUT2D eigenvalue weighted by molar-refractivity contribution is 6.02. The number of hydrogen-bond donors (Lipinski definition) is 2. The van der Waals surface area contributed by atoms with Crippen molar-refractivity contribution in [2.75, 3.05) is 19.0 Å². The van der Waals surface area contributed by atoms with Crippen molar-refractivity contribution in [3.63, 3.8) is 0 Å². The Morgan fingerprint density at radius 1 is 1.14 bits per heavy atom. The molecule has 2 aliphatic heterocycles. The maximum absolute atomic E-state index is 13.4. The Morgan fingerprint density at radius 3 is 2.59 bits per heavy atom. The molecule has 3 aliphatic rings. The molecule has 6 rings (SSSR count). The molecule has 196 valence electrons. The van der Waals surface area contributed by atoms with Crippen molar-refractivity contribution in [1.82, 2.24) is 4.57 Å². The van der Waals surface area contributed by atoms with Crippen LogP contribution in [0.2, 0.25) is 0 Å². The molecule has 37 heavy (non-hydrogen) atoms. The van der Waals surface area contributed by atoms with Gasteiger partial charge in [0.25, 0.3) is 0 Å². The number of anilines is 1. The number of methoxy groups -OCH3 is 1. The van der Waals surface area contributed by atoms with Crippen molar-refractivity contribution in [3.05, 3.63) is 53.7 Å². The first-order valence-corrected chi connectivity index (χ1v) is 12.2. The van der Waals surface area contributed by atoms with E-state index in [4.69, 9.17) is 9.47 Å². The average molecular weight is 515 g/mol. The number of amides is 1. The number of halogens is 2. The van der Waals surface area contributed by atoms with E-state index in [2.05, 4.69) is 25.4 Å². The van der Waals surface area contributed by atoms with Crippen molar-refractivity contribution in [2.24, 2.45) is 0 Å². The van der Waals surface area contributed by atoms with Gasteiger partial charge < -0.3 is 33.9 Å². The zero-order valence-electron chi connectivity index (χ0n) is 20.7. The van der Waals surface area contributed by atoms with E-state index in [9.17, 15) is 18.7 Å². The third-order valence-electron chi connectivity index (χ3n) is 7.67. The van der Waals surface area contributed by atoms with Crippen molar-refractivity contribution < 1.29 is 37.6 Å². The predicted molar refractivity (Wildman–Crippen MR) is 130 cm³/mol. The predicted octanol–water partition coefficient (Wildman–Crippen LogP) is 4.27. The Labute approximate surface area is 212 Å². The SMILES string of the molecule is COC1O[C@@H](CO)Cn2c(cc3cc(NC(=O)C4(c5ccc6c(c5)OC(F)(F)O6)CC4)ccc32)C1(C)C. The van der Waals surface area contributed by atoms with E-state index in [1.165, 1.54) is 12.1 Å².